The molecule has 0 spiro atoms. The lowest BCUT2D eigenvalue weighted by atomic mass is 10.0. The molecule has 5 nitrogen and oxygen atoms in total. The third-order valence-electron chi connectivity index (χ3n) is 5.26. The highest BCUT2D eigenvalue weighted by Gasteiger charge is 2.37. The number of rotatable bonds is 2. The maximum Gasteiger partial charge on any atom is 0.416 e. The SMILES string of the molecule is Cc1ccc(NC(=O)c2cc(C(F)(F)F)cc(C(F)(F)F)c2)cc1C#Cc1cnc2[nH]c(=O)ccc2c1. The van der Waals surface area contributed by atoms with Gasteiger partial charge in [-0.05, 0) is 55.0 Å². The molecule has 0 atom stereocenters. The molecule has 4 aromatic rings. The molecule has 0 saturated heterocycles. The van der Waals surface area contributed by atoms with Gasteiger partial charge in [-0.1, -0.05) is 17.9 Å². The van der Waals surface area contributed by atoms with Crippen LogP contribution < -0.4 is 10.9 Å². The summed E-state index contributed by atoms with van der Waals surface area (Å²) in [4.78, 5) is 30.7. The second-order valence-corrected chi connectivity index (χ2v) is 8.01. The van der Waals surface area contributed by atoms with Crippen LogP contribution in [-0.2, 0) is 12.4 Å². The number of pyridine rings is 2. The number of hydrogen-bond acceptors (Lipinski definition) is 3. The number of alkyl halides is 6. The number of carbonyl (C=O) groups is 1. The van der Waals surface area contributed by atoms with Gasteiger partial charge in [0.25, 0.3) is 5.91 Å². The zero-order valence-electron chi connectivity index (χ0n) is 18.8. The molecule has 37 heavy (non-hydrogen) atoms. The van der Waals surface area contributed by atoms with Crippen LogP contribution in [0.2, 0.25) is 0 Å². The second-order valence-electron chi connectivity index (χ2n) is 8.01. The number of nitrogens with one attached hydrogen (secondary N) is 2. The molecule has 0 aliphatic heterocycles. The minimum atomic E-state index is -5.07. The van der Waals surface area contributed by atoms with Gasteiger partial charge in [-0.25, -0.2) is 4.98 Å². The van der Waals surface area contributed by atoms with E-state index in [1.807, 2.05) is 0 Å². The average Bonchev–Trinajstić information content (AvgIpc) is 2.83. The van der Waals surface area contributed by atoms with Gasteiger partial charge in [0.2, 0.25) is 5.56 Å². The monoisotopic (exact) mass is 515 g/mol. The highest BCUT2D eigenvalue weighted by Crippen LogP contribution is 2.36. The Morgan fingerprint density at radius 3 is 2.22 bits per heavy atom. The molecule has 0 saturated carbocycles. The van der Waals surface area contributed by atoms with E-state index in [9.17, 15) is 35.9 Å². The summed E-state index contributed by atoms with van der Waals surface area (Å²) < 4.78 is 78.7. The van der Waals surface area contributed by atoms with Gasteiger partial charge in [0.05, 0.1) is 11.1 Å². The summed E-state index contributed by atoms with van der Waals surface area (Å²) in [5.41, 5.74) is -2.06. The summed E-state index contributed by atoms with van der Waals surface area (Å²) in [5.74, 6) is 4.66. The van der Waals surface area contributed by atoms with Crippen LogP contribution in [0.1, 0.15) is 38.2 Å². The first kappa shape index (κ1) is 25.5. The normalized spacial score (nSPS) is 11.6. The molecule has 188 valence electrons. The van der Waals surface area contributed by atoms with Crippen LogP contribution in [0.25, 0.3) is 11.0 Å². The molecular formula is C26H15F6N3O2. The molecule has 0 aliphatic carbocycles. The number of aromatic amines is 1. The smallest absolute Gasteiger partial charge is 0.322 e. The number of hydrogen-bond donors (Lipinski definition) is 2. The Bertz CT molecular complexity index is 1610. The molecule has 0 aliphatic rings. The van der Waals surface area contributed by atoms with Crippen molar-refractivity contribution in [2.24, 2.45) is 0 Å². The summed E-state index contributed by atoms with van der Waals surface area (Å²) in [6.07, 6.45) is -8.69. The minimum Gasteiger partial charge on any atom is -0.322 e. The topological polar surface area (TPSA) is 74.8 Å². The van der Waals surface area contributed by atoms with Gasteiger partial charge in [-0.2, -0.15) is 26.3 Å². The van der Waals surface area contributed by atoms with E-state index >= 15 is 0 Å². The van der Waals surface area contributed by atoms with Crippen molar-refractivity contribution in [2.45, 2.75) is 19.3 Å². The Kier molecular flexibility index (Phi) is 6.52. The molecule has 11 heteroatoms. The van der Waals surface area contributed by atoms with Crippen molar-refractivity contribution in [3.05, 3.63) is 105 Å². The summed E-state index contributed by atoms with van der Waals surface area (Å²) in [5, 5.41) is 2.98. The van der Waals surface area contributed by atoms with E-state index in [2.05, 4.69) is 27.1 Å². The van der Waals surface area contributed by atoms with Gasteiger partial charge in [0.1, 0.15) is 5.65 Å². The van der Waals surface area contributed by atoms with E-state index in [1.165, 1.54) is 24.4 Å². The van der Waals surface area contributed by atoms with E-state index in [0.717, 1.165) is 0 Å². The number of halogens is 6. The Labute approximate surface area is 205 Å². The number of aromatic nitrogens is 2. The molecule has 2 N–H and O–H groups in total. The third kappa shape index (κ3) is 5.98. The lowest BCUT2D eigenvalue weighted by Gasteiger charge is -2.14. The summed E-state index contributed by atoms with van der Waals surface area (Å²) in [6.45, 7) is 1.74. The van der Waals surface area contributed by atoms with Gasteiger partial charge in [0.15, 0.2) is 0 Å². The largest absolute Gasteiger partial charge is 0.416 e. The van der Waals surface area contributed by atoms with Crippen molar-refractivity contribution < 1.29 is 31.1 Å². The number of H-pyrrole nitrogens is 1. The Hall–Kier alpha value is -4.59. The third-order valence-corrected chi connectivity index (χ3v) is 5.26. The number of nitrogens with zero attached hydrogens (tertiary/aromatic N) is 1. The highest BCUT2D eigenvalue weighted by molar-refractivity contribution is 6.04. The van der Waals surface area contributed by atoms with Gasteiger partial charge in [-0.3, -0.25) is 9.59 Å². The molecule has 2 aromatic carbocycles. The van der Waals surface area contributed by atoms with Crippen molar-refractivity contribution in [1.82, 2.24) is 9.97 Å². The number of aryl methyl sites for hydroxylation is 1. The van der Waals surface area contributed by atoms with E-state index < -0.39 is 35.0 Å². The molecule has 0 fully saturated rings. The van der Waals surface area contributed by atoms with Crippen LogP contribution in [0.4, 0.5) is 32.0 Å². The summed E-state index contributed by atoms with van der Waals surface area (Å²) >= 11 is 0. The highest BCUT2D eigenvalue weighted by atomic mass is 19.4. The molecule has 4 rings (SSSR count). The van der Waals surface area contributed by atoms with Crippen LogP contribution in [-0.4, -0.2) is 15.9 Å². The van der Waals surface area contributed by atoms with Crippen LogP contribution in [0, 0.1) is 18.8 Å². The average molecular weight is 515 g/mol. The predicted molar refractivity (Wildman–Crippen MR) is 124 cm³/mol. The van der Waals surface area contributed by atoms with Crippen molar-refractivity contribution in [2.75, 3.05) is 5.32 Å². The van der Waals surface area contributed by atoms with E-state index in [0.29, 0.717) is 39.9 Å². The Morgan fingerprint density at radius 2 is 1.57 bits per heavy atom. The first-order chi connectivity index (χ1) is 17.3. The van der Waals surface area contributed by atoms with Crippen LogP contribution in [0.5, 0.6) is 0 Å². The molecule has 1 amide bonds. The first-order valence-electron chi connectivity index (χ1n) is 10.5. The van der Waals surface area contributed by atoms with E-state index in [1.54, 1.807) is 25.1 Å². The fourth-order valence-corrected chi connectivity index (χ4v) is 3.37. The predicted octanol–water partition coefficient (Wildman–Crippen LogP) is 5.92. The van der Waals surface area contributed by atoms with Gasteiger partial charge in [0, 0.05) is 40.0 Å². The summed E-state index contributed by atoms with van der Waals surface area (Å²) in [6, 6.07) is 9.81. The fraction of sp³-hybridized carbons (Fsp3) is 0.115. The van der Waals surface area contributed by atoms with Gasteiger partial charge < -0.3 is 10.3 Å². The zero-order valence-corrected chi connectivity index (χ0v) is 18.8. The number of benzene rings is 2. The molecule has 0 unspecified atom stereocenters. The fourth-order valence-electron chi connectivity index (χ4n) is 3.37. The number of carbonyl (C=O) groups excluding carboxylic acids is 1. The van der Waals surface area contributed by atoms with Crippen LogP contribution >= 0.6 is 0 Å². The molecule has 0 radical (unpaired) electrons. The van der Waals surface area contributed by atoms with E-state index in [-0.39, 0.29) is 17.3 Å². The maximum atomic E-state index is 13.1. The molecule has 0 bridgehead atoms. The number of amides is 1. The second kappa shape index (κ2) is 9.46. The molecule has 2 aromatic heterocycles. The van der Waals surface area contributed by atoms with E-state index in [4.69, 9.17) is 0 Å². The minimum absolute atomic E-state index is 0.0460. The molecular weight excluding hydrogens is 500 g/mol. The first-order valence-corrected chi connectivity index (χ1v) is 10.5. The molecule has 2 heterocycles. The van der Waals surface area contributed by atoms with Gasteiger partial charge >= 0.3 is 12.4 Å². The van der Waals surface area contributed by atoms with Crippen molar-refractivity contribution >= 4 is 22.6 Å². The van der Waals surface area contributed by atoms with Crippen molar-refractivity contribution in [3.8, 4) is 11.8 Å². The zero-order chi connectivity index (χ0) is 27.0. The Morgan fingerprint density at radius 1 is 0.892 bits per heavy atom. The quantitative estimate of drug-likeness (QED) is 0.257. The number of anilines is 1. The Balaban J connectivity index is 1.62. The van der Waals surface area contributed by atoms with Crippen LogP contribution in [0.3, 0.4) is 0 Å². The maximum absolute atomic E-state index is 13.1. The van der Waals surface area contributed by atoms with Crippen LogP contribution in [0.15, 0.2) is 65.6 Å². The van der Waals surface area contributed by atoms with Crippen molar-refractivity contribution in [3.63, 3.8) is 0 Å². The van der Waals surface area contributed by atoms with Gasteiger partial charge in [-0.15, -0.1) is 0 Å². The standard InChI is InChI=1S/C26H15F6N3O2/c1-14-2-6-21(11-16(14)4-3-15-8-17-5-7-22(36)35-23(17)33-13-15)34-24(37)18-9-19(25(27,28)29)12-20(10-18)26(30,31)32/h2,5-13H,1H3,(H,34,37)(H,33,35,36). The lowest BCUT2D eigenvalue weighted by molar-refractivity contribution is -0.143. The summed E-state index contributed by atoms with van der Waals surface area (Å²) in [7, 11) is 0. The number of fused-ring (bicyclic) bond motifs is 1. The van der Waals surface area contributed by atoms with Crippen molar-refractivity contribution in [1.29, 1.82) is 0 Å². The lowest BCUT2D eigenvalue weighted by Crippen LogP contribution is -2.17.